The molecule has 4 atom stereocenters. The summed E-state index contributed by atoms with van der Waals surface area (Å²) < 4.78 is 12.6. The maximum absolute atomic E-state index is 5.90. The van der Waals surface area contributed by atoms with E-state index in [4.69, 9.17) is 14.5 Å². The molecule has 3 rings (SSSR count). The van der Waals surface area contributed by atoms with Gasteiger partial charge in [-0.05, 0) is 36.2 Å². The number of aliphatic imine (C=N–C) groups is 1. The van der Waals surface area contributed by atoms with E-state index in [0.717, 1.165) is 21.9 Å². The van der Waals surface area contributed by atoms with E-state index >= 15 is 0 Å². The van der Waals surface area contributed by atoms with Gasteiger partial charge in [-0.1, -0.05) is 0 Å². The van der Waals surface area contributed by atoms with Crippen LogP contribution in [0.15, 0.2) is 15.0 Å². The molecular weight excluding hydrogens is 328 g/mol. The van der Waals surface area contributed by atoms with Gasteiger partial charge in [0, 0.05) is 18.2 Å². The molecule has 0 aromatic carbocycles. The predicted molar refractivity (Wildman–Crippen MR) is 78.7 cm³/mol. The van der Waals surface area contributed by atoms with Gasteiger partial charge in [0.05, 0.1) is 12.7 Å². The van der Waals surface area contributed by atoms with Crippen LogP contribution in [-0.4, -0.2) is 29.7 Å². The SMILES string of the molecule is CC1=N[C@@]2(c3nc(Br)cs3)CO[C@@H](C)C[C@H]2[C@@H](C)O1. The van der Waals surface area contributed by atoms with Crippen LogP contribution >= 0.6 is 27.3 Å². The summed E-state index contributed by atoms with van der Waals surface area (Å²) in [6.45, 7) is 6.73. The fraction of sp³-hybridized carbons (Fsp3) is 0.692. The first-order chi connectivity index (χ1) is 9.01. The summed E-state index contributed by atoms with van der Waals surface area (Å²) in [5, 5.41) is 3.02. The maximum atomic E-state index is 5.90. The molecule has 1 saturated heterocycles. The molecule has 0 spiro atoms. The van der Waals surface area contributed by atoms with Gasteiger partial charge < -0.3 is 9.47 Å². The normalized spacial score (nSPS) is 38.3. The topological polar surface area (TPSA) is 43.7 Å². The Kier molecular flexibility index (Phi) is 3.43. The minimum absolute atomic E-state index is 0.145. The molecule has 1 fully saturated rings. The maximum Gasteiger partial charge on any atom is 0.181 e. The summed E-state index contributed by atoms with van der Waals surface area (Å²) in [5.41, 5.74) is -0.370. The molecule has 19 heavy (non-hydrogen) atoms. The lowest BCUT2D eigenvalue weighted by molar-refractivity contribution is -0.0936. The van der Waals surface area contributed by atoms with Crippen LogP contribution in [0.4, 0.5) is 0 Å². The van der Waals surface area contributed by atoms with Crippen molar-refractivity contribution in [3.8, 4) is 0 Å². The number of hydrogen-bond acceptors (Lipinski definition) is 5. The smallest absolute Gasteiger partial charge is 0.181 e. The molecule has 0 N–H and O–H groups in total. The van der Waals surface area contributed by atoms with Gasteiger partial charge in [0.2, 0.25) is 0 Å². The molecule has 0 aliphatic carbocycles. The second-order valence-corrected chi connectivity index (χ2v) is 6.99. The largest absolute Gasteiger partial charge is 0.478 e. The molecule has 1 aromatic rings. The summed E-state index contributed by atoms with van der Waals surface area (Å²) >= 11 is 5.07. The second kappa shape index (κ2) is 4.82. The lowest BCUT2D eigenvalue weighted by atomic mass is 9.75. The van der Waals surface area contributed by atoms with Crippen molar-refractivity contribution in [2.24, 2.45) is 10.9 Å². The fourth-order valence-corrected chi connectivity index (χ4v) is 4.52. The number of halogens is 1. The quantitative estimate of drug-likeness (QED) is 0.784. The highest BCUT2D eigenvalue weighted by Gasteiger charge is 2.52. The highest BCUT2D eigenvalue weighted by atomic mass is 79.9. The third kappa shape index (κ3) is 2.23. The number of fused-ring (bicyclic) bond motifs is 1. The van der Waals surface area contributed by atoms with Crippen LogP contribution in [0.5, 0.6) is 0 Å². The van der Waals surface area contributed by atoms with E-state index in [-0.39, 0.29) is 17.7 Å². The van der Waals surface area contributed by atoms with Crippen LogP contribution in [0.25, 0.3) is 0 Å². The van der Waals surface area contributed by atoms with Crippen molar-refractivity contribution in [3.63, 3.8) is 0 Å². The third-order valence-corrected chi connectivity index (χ3v) is 5.63. The molecule has 0 radical (unpaired) electrons. The van der Waals surface area contributed by atoms with Crippen molar-refractivity contribution in [2.75, 3.05) is 6.61 Å². The van der Waals surface area contributed by atoms with E-state index in [2.05, 4.69) is 34.8 Å². The van der Waals surface area contributed by atoms with Gasteiger partial charge in [0.25, 0.3) is 0 Å². The molecule has 0 saturated carbocycles. The average molecular weight is 345 g/mol. The van der Waals surface area contributed by atoms with Gasteiger partial charge >= 0.3 is 0 Å². The average Bonchev–Trinajstić information content (AvgIpc) is 2.78. The van der Waals surface area contributed by atoms with Crippen LogP contribution in [0.1, 0.15) is 32.2 Å². The molecule has 0 unspecified atom stereocenters. The Labute approximate surface area is 125 Å². The molecule has 4 nitrogen and oxygen atoms in total. The zero-order chi connectivity index (χ0) is 13.6. The summed E-state index contributed by atoms with van der Waals surface area (Å²) in [6.07, 6.45) is 1.35. The lowest BCUT2D eigenvalue weighted by Crippen LogP contribution is -2.53. The van der Waals surface area contributed by atoms with Crippen molar-refractivity contribution < 1.29 is 9.47 Å². The van der Waals surface area contributed by atoms with Gasteiger partial charge in [0.15, 0.2) is 5.90 Å². The molecule has 1 aromatic heterocycles. The summed E-state index contributed by atoms with van der Waals surface area (Å²) in [5.74, 6) is 1.05. The monoisotopic (exact) mass is 344 g/mol. The Balaban J connectivity index is 2.09. The summed E-state index contributed by atoms with van der Waals surface area (Å²) in [6, 6.07) is 0. The van der Waals surface area contributed by atoms with Crippen LogP contribution in [0.2, 0.25) is 0 Å². The molecule has 6 heteroatoms. The fourth-order valence-electron chi connectivity index (χ4n) is 3.07. The number of thiazole rings is 1. The van der Waals surface area contributed by atoms with Crippen molar-refractivity contribution in [1.29, 1.82) is 0 Å². The first-order valence-electron chi connectivity index (χ1n) is 6.47. The molecule has 3 heterocycles. The molecule has 0 bridgehead atoms. The highest BCUT2D eigenvalue weighted by molar-refractivity contribution is 9.10. The Morgan fingerprint density at radius 3 is 2.95 bits per heavy atom. The third-order valence-electron chi connectivity index (χ3n) is 3.91. The van der Waals surface area contributed by atoms with Crippen molar-refractivity contribution >= 4 is 33.2 Å². The molecule has 2 aliphatic rings. The Morgan fingerprint density at radius 2 is 2.26 bits per heavy atom. The lowest BCUT2D eigenvalue weighted by Gasteiger charge is -2.47. The van der Waals surface area contributed by atoms with Crippen molar-refractivity contribution in [1.82, 2.24) is 4.98 Å². The number of ether oxygens (including phenoxy) is 2. The van der Waals surface area contributed by atoms with Gasteiger partial charge in [0.1, 0.15) is 21.3 Å². The van der Waals surface area contributed by atoms with Crippen LogP contribution < -0.4 is 0 Å². The number of aromatic nitrogens is 1. The Bertz CT molecular complexity index is 518. The van der Waals surface area contributed by atoms with Crippen molar-refractivity contribution in [2.45, 2.75) is 44.9 Å². The van der Waals surface area contributed by atoms with Crippen LogP contribution in [0.3, 0.4) is 0 Å². The van der Waals surface area contributed by atoms with Gasteiger partial charge in [-0.2, -0.15) is 0 Å². The molecule has 0 amide bonds. The van der Waals surface area contributed by atoms with E-state index in [1.165, 1.54) is 0 Å². The van der Waals surface area contributed by atoms with E-state index in [1.54, 1.807) is 11.3 Å². The van der Waals surface area contributed by atoms with E-state index in [0.29, 0.717) is 12.5 Å². The van der Waals surface area contributed by atoms with Gasteiger partial charge in [-0.25, -0.2) is 9.98 Å². The zero-order valence-corrected chi connectivity index (χ0v) is 13.6. The van der Waals surface area contributed by atoms with E-state index < -0.39 is 0 Å². The second-order valence-electron chi connectivity index (χ2n) is 5.32. The van der Waals surface area contributed by atoms with E-state index in [1.807, 2.05) is 12.3 Å². The van der Waals surface area contributed by atoms with Gasteiger partial charge in [-0.3, -0.25) is 0 Å². The Morgan fingerprint density at radius 1 is 1.47 bits per heavy atom. The Hall–Kier alpha value is -0.460. The van der Waals surface area contributed by atoms with Gasteiger partial charge in [-0.15, -0.1) is 11.3 Å². The summed E-state index contributed by atoms with van der Waals surface area (Å²) in [7, 11) is 0. The molecule has 2 aliphatic heterocycles. The first kappa shape index (κ1) is 13.5. The zero-order valence-electron chi connectivity index (χ0n) is 11.2. The minimum atomic E-state index is -0.370. The number of nitrogens with zero attached hydrogens (tertiary/aromatic N) is 2. The molecular formula is C13H17BrN2O2S. The highest BCUT2D eigenvalue weighted by Crippen LogP contribution is 2.47. The van der Waals surface area contributed by atoms with E-state index in [9.17, 15) is 0 Å². The first-order valence-corrected chi connectivity index (χ1v) is 8.15. The number of hydrogen-bond donors (Lipinski definition) is 0. The predicted octanol–water partition coefficient (Wildman–Crippen LogP) is 3.36. The van der Waals surface area contributed by atoms with Crippen molar-refractivity contribution in [3.05, 3.63) is 15.0 Å². The van der Waals surface area contributed by atoms with Crippen LogP contribution in [-0.2, 0) is 15.0 Å². The number of rotatable bonds is 1. The standard InChI is InChI=1S/C13H17BrN2O2S/c1-7-4-10-8(2)18-9(3)16-13(10,6-17-7)12-15-11(14)5-19-12/h5,7-8,10H,4,6H2,1-3H3/t7-,8+,10-,13-/m0/s1. The molecule has 104 valence electrons. The summed E-state index contributed by atoms with van der Waals surface area (Å²) in [4.78, 5) is 9.40. The van der Waals surface area contributed by atoms with Crippen LogP contribution in [0, 0.1) is 5.92 Å². The minimum Gasteiger partial charge on any atom is -0.478 e.